The fourth-order valence-corrected chi connectivity index (χ4v) is 5.54. The van der Waals surface area contributed by atoms with Crippen LogP contribution in [0.2, 0.25) is 0 Å². The fraction of sp³-hybridized carbons (Fsp3) is 0.152. The van der Waals surface area contributed by atoms with Gasteiger partial charge in [-0.1, -0.05) is 12.2 Å². The number of aromatic nitrogens is 6. The van der Waals surface area contributed by atoms with Crippen LogP contribution in [0.25, 0.3) is 22.1 Å². The molecule has 0 bridgehead atoms. The molecule has 0 unspecified atom stereocenters. The molecular formula is C33H32N10O4. The summed E-state index contributed by atoms with van der Waals surface area (Å²) in [4.78, 5) is 59.2. The zero-order valence-electron chi connectivity index (χ0n) is 25.9. The maximum absolute atomic E-state index is 13.1. The zero-order valence-corrected chi connectivity index (χ0v) is 25.9. The molecular weight excluding hydrogens is 600 g/mol. The first kappa shape index (κ1) is 30.6. The van der Waals surface area contributed by atoms with E-state index < -0.39 is 11.8 Å². The number of primary amides is 2. The smallest absolute Gasteiger partial charge is 0.274 e. The fourth-order valence-electron chi connectivity index (χ4n) is 5.54. The van der Waals surface area contributed by atoms with Crippen molar-refractivity contribution in [1.29, 1.82) is 0 Å². The molecule has 0 aliphatic heterocycles. The Labute approximate surface area is 268 Å². The van der Waals surface area contributed by atoms with Gasteiger partial charge in [-0.05, 0) is 67.1 Å². The lowest BCUT2D eigenvalue weighted by molar-refractivity contribution is 0.0992. The summed E-state index contributed by atoms with van der Waals surface area (Å²) < 4.78 is 7.06. The number of fused-ring (bicyclic) bond motifs is 2. The Hall–Kier alpha value is -6.44. The van der Waals surface area contributed by atoms with Gasteiger partial charge < -0.3 is 29.7 Å². The van der Waals surface area contributed by atoms with Crippen LogP contribution in [0, 0.1) is 6.92 Å². The van der Waals surface area contributed by atoms with Gasteiger partial charge in [0.2, 0.25) is 23.7 Å². The number of hydrogen-bond acceptors (Lipinski definition) is 6. The molecule has 0 spiro atoms. The number of nitrogens with one attached hydrogen (secondary N) is 2. The molecule has 4 heterocycles. The van der Waals surface area contributed by atoms with Crippen LogP contribution in [0.4, 0.5) is 11.9 Å². The van der Waals surface area contributed by atoms with E-state index in [1.165, 1.54) is 0 Å². The van der Waals surface area contributed by atoms with Crippen molar-refractivity contribution in [3.63, 3.8) is 0 Å². The van der Waals surface area contributed by atoms with Crippen LogP contribution < -0.4 is 22.1 Å². The van der Waals surface area contributed by atoms with Gasteiger partial charge in [-0.15, -0.1) is 0 Å². The van der Waals surface area contributed by atoms with Gasteiger partial charge in [0.25, 0.3) is 11.8 Å². The molecule has 4 amide bonds. The summed E-state index contributed by atoms with van der Waals surface area (Å²) in [5.41, 5.74) is 15.7. The normalized spacial score (nSPS) is 11.5. The third-order valence-electron chi connectivity index (χ3n) is 7.90. The Morgan fingerprint density at radius 1 is 0.723 bits per heavy atom. The number of amides is 4. The third kappa shape index (κ3) is 5.86. The van der Waals surface area contributed by atoms with Crippen LogP contribution in [0.1, 0.15) is 47.3 Å². The topological polar surface area (TPSA) is 190 Å². The average molecular weight is 633 g/mol. The van der Waals surface area contributed by atoms with E-state index >= 15 is 0 Å². The molecule has 14 heteroatoms. The maximum Gasteiger partial charge on any atom is 0.274 e. The summed E-state index contributed by atoms with van der Waals surface area (Å²) in [6, 6.07) is 15.2. The summed E-state index contributed by atoms with van der Waals surface area (Å²) >= 11 is 0. The number of carbonyl (C=O) groups is 4. The van der Waals surface area contributed by atoms with Gasteiger partial charge in [0.05, 0.1) is 22.1 Å². The average Bonchev–Trinajstić information content (AvgIpc) is 3.80. The van der Waals surface area contributed by atoms with Crippen molar-refractivity contribution in [2.75, 3.05) is 10.6 Å². The summed E-state index contributed by atoms with van der Waals surface area (Å²) in [6.07, 6.45) is 7.33. The second-order valence-corrected chi connectivity index (χ2v) is 11.1. The van der Waals surface area contributed by atoms with Crippen molar-refractivity contribution in [3.05, 3.63) is 107 Å². The Morgan fingerprint density at radius 3 is 1.81 bits per heavy atom. The first-order valence-electron chi connectivity index (χ1n) is 14.6. The minimum atomic E-state index is -0.587. The molecule has 0 aliphatic rings. The highest BCUT2D eigenvalue weighted by atomic mass is 16.2. The van der Waals surface area contributed by atoms with E-state index in [-0.39, 0.29) is 17.8 Å². The molecule has 0 fully saturated rings. The first-order valence-corrected chi connectivity index (χ1v) is 14.6. The first-order chi connectivity index (χ1) is 22.5. The van der Waals surface area contributed by atoms with E-state index in [1.54, 1.807) is 90.2 Å². The number of allylic oxidation sites excluding steroid dienone is 2. The molecule has 0 aliphatic carbocycles. The van der Waals surface area contributed by atoms with Crippen LogP contribution in [0.3, 0.4) is 0 Å². The minimum absolute atomic E-state index is 0.288. The van der Waals surface area contributed by atoms with Gasteiger partial charge in [-0.3, -0.25) is 29.8 Å². The van der Waals surface area contributed by atoms with Crippen LogP contribution in [0.5, 0.6) is 0 Å². The van der Waals surface area contributed by atoms with E-state index in [1.807, 2.05) is 28.2 Å². The minimum Gasteiger partial charge on any atom is -0.366 e. The molecule has 6 aromatic rings. The number of anilines is 2. The van der Waals surface area contributed by atoms with Crippen molar-refractivity contribution in [1.82, 2.24) is 28.2 Å². The van der Waals surface area contributed by atoms with Crippen molar-refractivity contribution < 1.29 is 19.2 Å². The summed E-state index contributed by atoms with van der Waals surface area (Å²) in [5, 5.41) is 5.78. The zero-order chi connectivity index (χ0) is 33.4. The lowest BCUT2D eigenvalue weighted by Crippen LogP contribution is -2.18. The second-order valence-electron chi connectivity index (χ2n) is 11.1. The molecule has 6 rings (SSSR count). The lowest BCUT2D eigenvalue weighted by atomic mass is 10.1. The van der Waals surface area contributed by atoms with Gasteiger partial charge in [-0.2, -0.15) is 0 Å². The molecule has 0 saturated carbocycles. The summed E-state index contributed by atoms with van der Waals surface area (Å²) in [6.45, 7) is 2.45. The predicted molar refractivity (Wildman–Crippen MR) is 177 cm³/mol. The molecule has 0 saturated heterocycles. The van der Waals surface area contributed by atoms with Gasteiger partial charge in [-0.25, -0.2) is 9.97 Å². The number of rotatable bonds is 10. The van der Waals surface area contributed by atoms with Crippen molar-refractivity contribution in [2.24, 2.45) is 25.6 Å². The van der Waals surface area contributed by atoms with Gasteiger partial charge in [0.15, 0.2) is 0 Å². The molecule has 0 atom stereocenters. The predicted octanol–water partition coefficient (Wildman–Crippen LogP) is 3.33. The Morgan fingerprint density at radius 2 is 1.26 bits per heavy atom. The van der Waals surface area contributed by atoms with E-state index in [9.17, 15) is 19.2 Å². The van der Waals surface area contributed by atoms with Crippen molar-refractivity contribution >= 4 is 57.6 Å². The number of hydrogen-bond donors (Lipinski definition) is 4. The molecule has 14 nitrogen and oxygen atoms in total. The molecule has 4 aromatic heterocycles. The molecule has 238 valence electrons. The van der Waals surface area contributed by atoms with E-state index in [2.05, 4.69) is 20.6 Å². The highest BCUT2D eigenvalue weighted by Gasteiger charge is 2.19. The van der Waals surface area contributed by atoms with E-state index in [4.69, 9.17) is 11.5 Å². The van der Waals surface area contributed by atoms with Gasteiger partial charge >= 0.3 is 0 Å². The van der Waals surface area contributed by atoms with Crippen LogP contribution in [-0.4, -0.2) is 51.9 Å². The number of imidazole rings is 2. The Kier molecular flexibility index (Phi) is 7.91. The monoisotopic (exact) mass is 632 g/mol. The molecule has 47 heavy (non-hydrogen) atoms. The third-order valence-corrected chi connectivity index (χ3v) is 7.90. The number of benzene rings is 2. The van der Waals surface area contributed by atoms with Crippen LogP contribution in [0.15, 0.2) is 79.1 Å². The molecule has 6 N–H and O–H groups in total. The highest BCUT2D eigenvalue weighted by Crippen LogP contribution is 2.26. The Balaban J connectivity index is 1.33. The number of aryl methyl sites for hydroxylation is 3. The highest BCUT2D eigenvalue weighted by molar-refractivity contribution is 6.04. The van der Waals surface area contributed by atoms with Crippen LogP contribution in [-0.2, 0) is 27.2 Å². The van der Waals surface area contributed by atoms with E-state index in [0.29, 0.717) is 58.1 Å². The van der Waals surface area contributed by atoms with Crippen molar-refractivity contribution in [3.8, 4) is 0 Å². The molecule has 2 aromatic carbocycles. The largest absolute Gasteiger partial charge is 0.366 e. The Bertz CT molecular complexity index is 2250. The quantitative estimate of drug-likeness (QED) is 0.168. The van der Waals surface area contributed by atoms with Gasteiger partial charge in [0, 0.05) is 50.7 Å². The van der Waals surface area contributed by atoms with Gasteiger partial charge in [0.1, 0.15) is 11.4 Å². The number of nitrogens with two attached hydrogens (primary N) is 2. The van der Waals surface area contributed by atoms with Crippen LogP contribution >= 0.6 is 0 Å². The lowest BCUT2D eigenvalue weighted by Gasteiger charge is -2.11. The van der Waals surface area contributed by atoms with E-state index in [0.717, 1.165) is 11.1 Å². The SMILES string of the molecule is Cc1cc(C(N)=O)cc2nc(NC(=O)c3cccn3C)n(C/C=C/Cn3c(NC(=O)c4cccn4C)nc4cc(C(N)=O)ccc43)c12. The second kappa shape index (κ2) is 12.2. The maximum atomic E-state index is 13.1. The standard InChI is InChI=1S/C33H32N10O4/c1-19-16-21(29(35)45)18-23-27(19)43(33(37-23)39-31(47)26-9-7-13-41(26)3)15-5-4-14-42-24-11-10-20(28(34)44)17-22(24)36-32(42)38-30(46)25-8-6-12-40(25)2/h4-13,16-18H,14-15H2,1-3H3,(H2,34,44)(H2,35,45)(H,36,38,46)(H,37,39,47)/b5-4+. The summed E-state index contributed by atoms with van der Waals surface area (Å²) in [7, 11) is 3.54. The van der Waals surface area contributed by atoms with Crippen molar-refractivity contribution in [2.45, 2.75) is 20.0 Å². The number of carbonyl (C=O) groups excluding carboxylic acids is 4. The molecule has 0 radical (unpaired) electrons. The summed E-state index contributed by atoms with van der Waals surface area (Å²) in [5.74, 6) is -1.27. The number of nitrogens with zero attached hydrogens (tertiary/aromatic N) is 6.